The molecule has 0 radical (unpaired) electrons. The summed E-state index contributed by atoms with van der Waals surface area (Å²) < 4.78 is 5.89. The number of allylic oxidation sites excluding steroid dienone is 2. The highest BCUT2D eigenvalue weighted by Crippen LogP contribution is 2.26. The van der Waals surface area contributed by atoms with E-state index in [9.17, 15) is 0 Å². The summed E-state index contributed by atoms with van der Waals surface area (Å²) in [6.45, 7) is 2.51. The molecule has 0 atom stereocenters. The van der Waals surface area contributed by atoms with Crippen LogP contribution in [0.5, 0.6) is 5.88 Å². The third-order valence-corrected chi connectivity index (χ3v) is 3.31. The van der Waals surface area contributed by atoms with Crippen LogP contribution in [0.1, 0.15) is 18.1 Å². The van der Waals surface area contributed by atoms with Crippen LogP contribution < -0.4 is 4.74 Å². The second-order valence-electron chi connectivity index (χ2n) is 4.76. The molecule has 3 rings (SSSR count). The summed E-state index contributed by atoms with van der Waals surface area (Å²) in [5, 5.41) is 0.964. The third-order valence-electron chi connectivity index (χ3n) is 3.31. The predicted octanol–water partition coefficient (Wildman–Crippen LogP) is 3.66. The fraction of sp³-hybridized carbons (Fsp3) is 0.176. The van der Waals surface area contributed by atoms with E-state index in [1.807, 2.05) is 49.5 Å². The molecule has 0 unspecified atom stereocenters. The van der Waals surface area contributed by atoms with Crippen molar-refractivity contribution in [2.45, 2.75) is 20.0 Å². The molecule has 0 aliphatic carbocycles. The number of fused-ring (bicyclic) bond motifs is 1. The summed E-state index contributed by atoms with van der Waals surface area (Å²) in [5.74, 6) is 0.629. The van der Waals surface area contributed by atoms with Gasteiger partial charge in [-0.05, 0) is 24.5 Å². The molecule has 3 aromatic rings. The maximum atomic E-state index is 5.89. The number of H-pyrrole nitrogens is 1. The molecule has 0 bridgehead atoms. The average Bonchev–Trinajstić information content (AvgIpc) is 2.96. The number of nitrogens with zero attached hydrogens (tertiary/aromatic N) is 2. The molecule has 0 amide bonds. The van der Waals surface area contributed by atoms with Crippen LogP contribution in [0.15, 0.2) is 55.0 Å². The maximum Gasteiger partial charge on any atom is 0.226 e. The topological polar surface area (TPSA) is 50.8 Å². The van der Waals surface area contributed by atoms with Crippen molar-refractivity contribution in [1.82, 2.24) is 15.0 Å². The van der Waals surface area contributed by atoms with E-state index in [1.165, 1.54) is 6.33 Å². The molecule has 4 nitrogen and oxygen atoms in total. The van der Waals surface area contributed by atoms with E-state index in [-0.39, 0.29) is 0 Å². The zero-order valence-corrected chi connectivity index (χ0v) is 11.9. The van der Waals surface area contributed by atoms with Crippen molar-refractivity contribution >= 4 is 11.0 Å². The molecule has 0 aliphatic rings. The summed E-state index contributed by atoms with van der Waals surface area (Å²) in [5.41, 5.74) is 3.08. The third kappa shape index (κ3) is 2.94. The highest BCUT2D eigenvalue weighted by Gasteiger charge is 2.11. The fourth-order valence-corrected chi connectivity index (χ4v) is 2.24. The van der Waals surface area contributed by atoms with Gasteiger partial charge in [0.05, 0.1) is 5.39 Å². The number of nitrogens with one attached hydrogen (secondary N) is 1. The molecular formula is C17H17N3O. The van der Waals surface area contributed by atoms with Crippen LogP contribution in [-0.2, 0) is 13.0 Å². The Hall–Kier alpha value is -2.62. The van der Waals surface area contributed by atoms with E-state index in [4.69, 9.17) is 4.74 Å². The van der Waals surface area contributed by atoms with Gasteiger partial charge in [-0.25, -0.2) is 9.97 Å². The summed E-state index contributed by atoms with van der Waals surface area (Å²) in [6, 6.07) is 10.1. The van der Waals surface area contributed by atoms with E-state index in [1.54, 1.807) is 0 Å². The van der Waals surface area contributed by atoms with Gasteiger partial charge in [-0.15, -0.1) is 0 Å². The summed E-state index contributed by atoms with van der Waals surface area (Å²) in [6.07, 6.45) is 8.47. The average molecular weight is 279 g/mol. The van der Waals surface area contributed by atoms with Gasteiger partial charge in [-0.1, -0.05) is 42.5 Å². The summed E-state index contributed by atoms with van der Waals surface area (Å²) in [4.78, 5) is 11.7. The van der Waals surface area contributed by atoms with Gasteiger partial charge in [-0.3, -0.25) is 0 Å². The number of benzene rings is 1. The van der Waals surface area contributed by atoms with Crippen LogP contribution in [0, 0.1) is 0 Å². The van der Waals surface area contributed by atoms with E-state index in [0.29, 0.717) is 12.5 Å². The molecule has 106 valence electrons. The smallest absolute Gasteiger partial charge is 0.226 e. The largest absolute Gasteiger partial charge is 0.472 e. The van der Waals surface area contributed by atoms with Crippen LogP contribution in [-0.4, -0.2) is 15.0 Å². The molecule has 1 N–H and O–H groups in total. The van der Waals surface area contributed by atoms with Crippen molar-refractivity contribution in [1.29, 1.82) is 0 Å². The molecule has 2 heterocycles. The SMILES string of the molecule is C/C=C/Cc1c[nH]c2ncnc(OCc3ccccc3)c12. The minimum absolute atomic E-state index is 0.501. The van der Waals surface area contributed by atoms with E-state index >= 15 is 0 Å². The first-order chi connectivity index (χ1) is 10.4. The van der Waals surface area contributed by atoms with Crippen molar-refractivity contribution in [3.8, 4) is 5.88 Å². The van der Waals surface area contributed by atoms with Gasteiger partial charge in [0.1, 0.15) is 18.6 Å². The lowest BCUT2D eigenvalue weighted by Crippen LogP contribution is -1.98. The van der Waals surface area contributed by atoms with Crippen LogP contribution in [0.3, 0.4) is 0 Å². The van der Waals surface area contributed by atoms with Crippen molar-refractivity contribution < 1.29 is 4.74 Å². The van der Waals surface area contributed by atoms with Gasteiger partial charge in [0, 0.05) is 6.20 Å². The highest BCUT2D eigenvalue weighted by molar-refractivity contribution is 5.84. The first kappa shape index (κ1) is 13.4. The first-order valence-corrected chi connectivity index (χ1v) is 6.97. The second-order valence-corrected chi connectivity index (χ2v) is 4.76. The lowest BCUT2D eigenvalue weighted by Gasteiger charge is -2.07. The molecule has 21 heavy (non-hydrogen) atoms. The Morgan fingerprint density at radius 3 is 2.86 bits per heavy atom. The van der Waals surface area contributed by atoms with Gasteiger partial charge >= 0.3 is 0 Å². The number of aromatic amines is 1. The minimum Gasteiger partial charge on any atom is -0.472 e. The normalized spacial score (nSPS) is 11.3. The Bertz CT molecular complexity index is 747. The van der Waals surface area contributed by atoms with E-state index in [0.717, 1.165) is 28.6 Å². The number of hydrogen-bond donors (Lipinski definition) is 1. The second kappa shape index (κ2) is 6.22. The Morgan fingerprint density at radius 2 is 2.05 bits per heavy atom. The molecule has 0 saturated carbocycles. The van der Waals surface area contributed by atoms with Crippen LogP contribution in [0.25, 0.3) is 11.0 Å². The van der Waals surface area contributed by atoms with Crippen LogP contribution in [0.2, 0.25) is 0 Å². The molecule has 2 aromatic heterocycles. The van der Waals surface area contributed by atoms with Gasteiger partial charge in [0.2, 0.25) is 5.88 Å². The lowest BCUT2D eigenvalue weighted by molar-refractivity contribution is 0.297. The van der Waals surface area contributed by atoms with Crippen molar-refractivity contribution in [2.75, 3.05) is 0 Å². The van der Waals surface area contributed by atoms with E-state index < -0.39 is 0 Å². The molecule has 1 aromatic carbocycles. The van der Waals surface area contributed by atoms with Gasteiger partial charge in [-0.2, -0.15) is 0 Å². The van der Waals surface area contributed by atoms with Gasteiger partial charge in [0.15, 0.2) is 0 Å². The molecule has 0 aliphatic heterocycles. The number of rotatable bonds is 5. The standard InChI is InChI=1S/C17H17N3O/c1-2-3-9-14-10-18-16-15(14)17(20-12-19-16)21-11-13-7-5-4-6-8-13/h2-8,10,12H,9,11H2,1H3,(H,18,19,20)/b3-2+. The van der Waals surface area contributed by atoms with E-state index in [2.05, 4.69) is 21.0 Å². The fourth-order valence-electron chi connectivity index (χ4n) is 2.24. The number of ether oxygens (including phenoxy) is 1. The Morgan fingerprint density at radius 1 is 1.19 bits per heavy atom. The molecule has 0 saturated heterocycles. The quantitative estimate of drug-likeness (QED) is 0.725. The van der Waals surface area contributed by atoms with Crippen molar-refractivity contribution in [3.63, 3.8) is 0 Å². The molecule has 4 heteroatoms. The van der Waals surface area contributed by atoms with Crippen LogP contribution in [0.4, 0.5) is 0 Å². The predicted molar refractivity (Wildman–Crippen MR) is 83.2 cm³/mol. The minimum atomic E-state index is 0.501. The molecule has 0 fully saturated rings. The van der Waals surface area contributed by atoms with Crippen LogP contribution >= 0.6 is 0 Å². The molecule has 0 spiro atoms. The zero-order valence-electron chi connectivity index (χ0n) is 11.9. The zero-order chi connectivity index (χ0) is 14.5. The maximum absolute atomic E-state index is 5.89. The monoisotopic (exact) mass is 279 g/mol. The van der Waals surface area contributed by atoms with Gasteiger partial charge < -0.3 is 9.72 Å². The Kier molecular flexibility index (Phi) is 3.96. The summed E-state index contributed by atoms with van der Waals surface area (Å²) >= 11 is 0. The Labute approximate surface area is 123 Å². The molecular weight excluding hydrogens is 262 g/mol. The van der Waals surface area contributed by atoms with Gasteiger partial charge in [0.25, 0.3) is 0 Å². The number of hydrogen-bond acceptors (Lipinski definition) is 3. The summed E-state index contributed by atoms with van der Waals surface area (Å²) in [7, 11) is 0. The first-order valence-electron chi connectivity index (χ1n) is 6.97. The Balaban J connectivity index is 1.88. The number of aromatic nitrogens is 3. The van der Waals surface area contributed by atoms with Crippen molar-refractivity contribution in [3.05, 3.63) is 66.1 Å². The lowest BCUT2D eigenvalue weighted by atomic mass is 10.1. The van der Waals surface area contributed by atoms with Crippen molar-refractivity contribution in [2.24, 2.45) is 0 Å². The highest BCUT2D eigenvalue weighted by atomic mass is 16.5.